The zero-order chi connectivity index (χ0) is 19.6. The molecule has 0 unspecified atom stereocenters. The molecule has 2 aromatic heterocycles. The fourth-order valence-electron chi connectivity index (χ4n) is 3.01. The van der Waals surface area contributed by atoms with Crippen molar-refractivity contribution in [2.75, 3.05) is 45.7 Å². The molecule has 1 aliphatic rings. The largest absolute Gasteiger partial charge is 0.368 e. The third kappa shape index (κ3) is 5.03. The maximum absolute atomic E-state index is 12.4. The van der Waals surface area contributed by atoms with Gasteiger partial charge in [-0.15, -0.1) is 11.3 Å². The van der Waals surface area contributed by atoms with Gasteiger partial charge in [-0.2, -0.15) is 0 Å². The Labute approximate surface area is 164 Å². The lowest BCUT2D eigenvalue weighted by atomic mass is 10.1. The molecule has 0 aromatic carbocycles. The molecule has 0 radical (unpaired) electrons. The summed E-state index contributed by atoms with van der Waals surface area (Å²) in [5, 5.41) is 4.24. The average molecular weight is 390 g/mol. The van der Waals surface area contributed by atoms with Gasteiger partial charge < -0.3 is 19.9 Å². The van der Waals surface area contributed by atoms with Crippen LogP contribution in [-0.2, 0) is 9.53 Å². The topological polar surface area (TPSA) is 70.6 Å². The molecule has 8 heteroatoms. The van der Waals surface area contributed by atoms with Crippen LogP contribution < -0.4 is 5.32 Å². The molecule has 0 aliphatic carbocycles. The molecule has 2 aromatic rings. The summed E-state index contributed by atoms with van der Waals surface area (Å²) < 4.78 is 5.92. The number of hydrogen-bond acceptors (Lipinski definition) is 7. The number of likely N-dealkylation sites (N-methyl/N-ethyl adjacent to an activating group) is 1. The lowest BCUT2D eigenvalue weighted by molar-refractivity contribution is -0.139. The predicted molar refractivity (Wildman–Crippen MR) is 108 cm³/mol. The van der Waals surface area contributed by atoms with E-state index in [-0.39, 0.29) is 12.0 Å². The standard InChI is InChI=1S/C19H27N5O2S/c1-12-8-15(22-19-21-13(2)14(3)27-19)9-16(20-12)17-10-24(6-7-26-17)18(25)11-23(4)5/h8-9,17H,6-7,10-11H2,1-5H3,(H,20,21,22)/t17-/m0/s1. The number of hydrogen-bond donors (Lipinski definition) is 1. The Balaban J connectivity index is 1.75. The summed E-state index contributed by atoms with van der Waals surface area (Å²) in [6.07, 6.45) is -0.218. The number of morpholine rings is 1. The van der Waals surface area contributed by atoms with Crippen molar-refractivity contribution in [2.24, 2.45) is 0 Å². The summed E-state index contributed by atoms with van der Waals surface area (Å²) in [5.74, 6) is 0.119. The van der Waals surface area contributed by atoms with Gasteiger partial charge in [0.15, 0.2) is 5.13 Å². The van der Waals surface area contributed by atoms with E-state index in [1.54, 1.807) is 11.3 Å². The number of rotatable bonds is 5. The minimum Gasteiger partial charge on any atom is -0.368 e. The molecular formula is C19H27N5O2S. The number of carbonyl (C=O) groups excluding carboxylic acids is 1. The number of aromatic nitrogens is 2. The number of carbonyl (C=O) groups is 1. The first kappa shape index (κ1) is 19.7. The number of nitrogens with one attached hydrogen (secondary N) is 1. The van der Waals surface area contributed by atoms with Gasteiger partial charge in [-0.25, -0.2) is 4.98 Å². The predicted octanol–water partition coefficient (Wildman–Crippen LogP) is 2.67. The maximum atomic E-state index is 12.4. The van der Waals surface area contributed by atoms with E-state index in [1.807, 2.05) is 49.9 Å². The first-order chi connectivity index (χ1) is 12.8. The summed E-state index contributed by atoms with van der Waals surface area (Å²) in [6, 6.07) is 3.98. The van der Waals surface area contributed by atoms with Gasteiger partial charge in [0.25, 0.3) is 0 Å². The number of pyridine rings is 1. The van der Waals surface area contributed by atoms with E-state index in [4.69, 9.17) is 4.74 Å². The van der Waals surface area contributed by atoms with E-state index in [0.717, 1.165) is 27.9 Å². The van der Waals surface area contributed by atoms with Gasteiger partial charge in [0.05, 0.1) is 31.1 Å². The Hall–Kier alpha value is -2.03. The van der Waals surface area contributed by atoms with Gasteiger partial charge in [-0.05, 0) is 47.0 Å². The molecule has 27 heavy (non-hydrogen) atoms. The van der Waals surface area contributed by atoms with Crippen molar-refractivity contribution in [2.45, 2.75) is 26.9 Å². The van der Waals surface area contributed by atoms with Crippen LogP contribution in [0.3, 0.4) is 0 Å². The fourth-order valence-corrected chi connectivity index (χ4v) is 3.84. The summed E-state index contributed by atoms with van der Waals surface area (Å²) in [4.78, 5) is 26.5. The van der Waals surface area contributed by atoms with Crippen molar-refractivity contribution in [3.63, 3.8) is 0 Å². The van der Waals surface area contributed by atoms with Crippen LogP contribution in [0.4, 0.5) is 10.8 Å². The van der Waals surface area contributed by atoms with E-state index in [2.05, 4.69) is 22.2 Å². The molecule has 1 saturated heterocycles. The van der Waals surface area contributed by atoms with Crippen molar-refractivity contribution >= 4 is 28.1 Å². The fraction of sp³-hybridized carbons (Fsp3) is 0.526. The van der Waals surface area contributed by atoms with Crippen LogP contribution in [0.1, 0.15) is 28.1 Å². The van der Waals surface area contributed by atoms with Gasteiger partial charge in [-0.1, -0.05) is 0 Å². The third-order valence-electron chi connectivity index (χ3n) is 4.45. The van der Waals surface area contributed by atoms with Crippen molar-refractivity contribution in [3.05, 3.63) is 34.1 Å². The molecule has 1 amide bonds. The molecule has 0 spiro atoms. The molecular weight excluding hydrogens is 362 g/mol. The van der Waals surface area contributed by atoms with E-state index < -0.39 is 0 Å². The Kier molecular flexibility index (Phi) is 6.08. The van der Waals surface area contributed by atoms with E-state index in [9.17, 15) is 4.79 Å². The normalized spacial score (nSPS) is 17.4. The molecule has 1 fully saturated rings. The van der Waals surface area contributed by atoms with Crippen LogP contribution in [-0.4, -0.2) is 66.0 Å². The number of aryl methyl sites for hydroxylation is 3. The smallest absolute Gasteiger partial charge is 0.236 e. The highest BCUT2D eigenvalue weighted by Crippen LogP contribution is 2.28. The Morgan fingerprint density at radius 1 is 1.33 bits per heavy atom. The van der Waals surface area contributed by atoms with Gasteiger partial charge in [-0.3, -0.25) is 9.78 Å². The molecule has 1 N–H and O–H groups in total. The minimum absolute atomic E-state index is 0.119. The number of thiazole rings is 1. The second-order valence-corrected chi connectivity index (χ2v) is 8.35. The highest BCUT2D eigenvalue weighted by molar-refractivity contribution is 7.15. The Morgan fingerprint density at radius 2 is 2.11 bits per heavy atom. The summed E-state index contributed by atoms with van der Waals surface area (Å²) in [6.45, 7) is 8.11. The maximum Gasteiger partial charge on any atom is 0.236 e. The number of ether oxygens (including phenoxy) is 1. The van der Waals surface area contributed by atoms with Crippen molar-refractivity contribution in [1.82, 2.24) is 19.8 Å². The number of anilines is 2. The van der Waals surface area contributed by atoms with E-state index >= 15 is 0 Å². The molecule has 146 valence electrons. The Morgan fingerprint density at radius 3 is 2.78 bits per heavy atom. The van der Waals surface area contributed by atoms with E-state index in [0.29, 0.717) is 26.2 Å². The zero-order valence-electron chi connectivity index (χ0n) is 16.6. The van der Waals surface area contributed by atoms with E-state index in [1.165, 1.54) is 4.88 Å². The van der Waals surface area contributed by atoms with Gasteiger partial charge in [0, 0.05) is 22.8 Å². The molecule has 1 aliphatic heterocycles. The molecule has 3 heterocycles. The van der Waals surface area contributed by atoms with Crippen molar-refractivity contribution in [3.8, 4) is 0 Å². The summed E-state index contributed by atoms with van der Waals surface area (Å²) >= 11 is 1.64. The molecule has 1 atom stereocenters. The van der Waals surface area contributed by atoms with Crippen LogP contribution in [0.5, 0.6) is 0 Å². The molecule has 0 bridgehead atoms. The summed E-state index contributed by atoms with van der Waals surface area (Å²) in [7, 11) is 3.80. The zero-order valence-corrected chi connectivity index (χ0v) is 17.4. The second kappa shape index (κ2) is 8.33. The SMILES string of the molecule is Cc1cc(Nc2nc(C)c(C)s2)cc([C@@H]2CN(C(=O)CN(C)C)CCO2)n1. The first-order valence-corrected chi connectivity index (χ1v) is 9.87. The number of nitrogens with zero attached hydrogens (tertiary/aromatic N) is 4. The minimum atomic E-state index is -0.218. The van der Waals surface area contributed by atoms with Crippen LogP contribution in [0, 0.1) is 20.8 Å². The molecule has 7 nitrogen and oxygen atoms in total. The third-order valence-corrected chi connectivity index (χ3v) is 5.44. The first-order valence-electron chi connectivity index (χ1n) is 9.05. The quantitative estimate of drug-likeness (QED) is 0.848. The number of amides is 1. The second-order valence-electron chi connectivity index (χ2n) is 7.14. The lowest BCUT2D eigenvalue weighted by Crippen LogP contribution is -2.45. The van der Waals surface area contributed by atoms with Crippen molar-refractivity contribution in [1.29, 1.82) is 0 Å². The van der Waals surface area contributed by atoms with Crippen LogP contribution >= 0.6 is 11.3 Å². The highest BCUT2D eigenvalue weighted by atomic mass is 32.1. The van der Waals surface area contributed by atoms with Gasteiger partial charge in [0.1, 0.15) is 6.10 Å². The monoisotopic (exact) mass is 389 g/mol. The van der Waals surface area contributed by atoms with Crippen LogP contribution in [0.2, 0.25) is 0 Å². The van der Waals surface area contributed by atoms with Crippen LogP contribution in [0.25, 0.3) is 0 Å². The Bertz CT molecular complexity index is 801. The van der Waals surface area contributed by atoms with Gasteiger partial charge >= 0.3 is 0 Å². The summed E-state index contributed by atoms with van der Waals surface area (Å²) in [5.41, 5.74) is 3.72. The van der Waals surface area contributed by atoms with Crippen LogP contribution in [0.15, 0.2) is 12.1 Å². The lowest BCUT2D eigenvalue weighted by Gasteiger charge is -2.33. The average Bonchev–Trinajstić information content (AvgIpc) is 2.91. The molecule has 0 saturated carbocycles. The van der Waals surface area contributed by atoms with Gasteiger partial charge in [0.2, 0.25) is 5.91 Å². The molecule has 3 rings (SSSR count). The van der Waals surface area contributed by atoms with Crippen molar-refractivity contribution < 1.29 is 9.53 Å². The highest BCUT2D eigenvalue weighted by Gasteiger charge is 2.27.